The molecule has 1 aliphatic carbocycles. The van der Waals surface area contributed by atoms with Gasteiger partial charge in [0.2, 0.25) is 0 Å². The minimum Gasteiger partial charge on any atom is -0.384 e. The first-order valence-corrected chi connectivity index (χ1v) is 11.4. The first-order valence-electron chi connectivity index (χ1n) is 10.4. The number of carbonyl (C=O) groups is 1. The zero-order valence-corrected chi connectivity index (χ0v) is 19.3. The van der Waals surface area contributed by atoms with Crippen LogP contribution in [0.4, 0.5) is 5.82 Å². The van der Waals surface area contributed by atoms with Crippen molar-refractivity contribution in [2.45, 2.75) is 50.2 Å². The Morgan fingerprint density at radius 2 is 1.84 bits per heavy atom. The maximum Gasteiger partial charge on any atom is 0.330 e. The Hall–Kier alpha value is -3.14. The Morgan fingerprint density at radius 3 is 2.44 bits per heavy atom. The standard InChI is InChI=1S/C22H26N6O3S/c1-22(2,3)13-7-5-12(6-8-13)18-25-26-21(27(18)4)32-11-15(29)16-17(23)28(14-9-10-14)20(31)24-19(16)30/h5-8,14H,9-11,23H2,1-4H3,(H,24,30,31). The van der Waals surface area contributed by atoms with E-state index in [9.17, 15) is 14.4 Å². The summed E-state index contributed by atoms with van der Waals surface area (Å²) < 4.78 is 3.11. The van der Waals surface area contributed by atoms with Gasteiger partial charge in [-0.15, -0.1) is 10.2 Å². The molecule has 3 N–H and O–H groups in total. The number of carbonyl (C=O) groups excluding carboxylic acids is 1. The highest BCUT2D eigenvalue weighted by atomic mass is 32.2. The third-order valence-corrected chi connectivity index (χ3v) is 6.57. The molecule has 0 saturated heterocycles. The molecule has 0 unspecified atom stereocenters. The van der Waals surface area contributed by atoms with Gasteiger partial charge in [0, 0.05) is 18.7 Å². The molecule has 1 saturated carbocycles. The van der Waals surface area contributed by atoms with Crippen molar-refractivity contribution in [3.63, 3.8) is 0 Å². The lowest BCUT2D eigenvalue weighted by molar-refractivity contribution is 0.102. The van der Waals surface area contributed by atoms with Gasteiger partial charge in [0.25, 0.3) is 5.56 Å². The molecule has 168 valence electrons. The predicted octanol–water partition coefficient (Wildman–Crippen LogP) is 2.52. The summed E-state index contributed by atoms with van der Waals surface area (Å²) in [5, 5.41) is 9.00. The lowest BCUT2D eigenvalue weighted by Gasteiger charge is -2.19. The lowest BCUT2D eigenvalue weighted by Crippen LogP contribution is -2.36. The molecule has 0 bridgehead atoms. The molecule has 0 spiro atoms. The summed E-state index contributed by atoms with van der Waals surface area (Å²) in [6.07, 6.45) is 1.61. The number of aromatic amines is 1. The number of rotatable bonds is 6. The topological polar surface area (TPSA) is 129 Å². The highest BCUT2D eigenvalue weighted by molar-refractivity contribution is 7.99. The van der Waals surface area contributed by atoms with E-state index in [0.29, 0.717) is 11.0 Å². The Balaban J connectivity index is 1.53. The van der Waals surface area contributed by atoms with Crippen molar-refractivity contribution >= 4 is 23.4 Å². The smallest absolute Gasteiger partial charge is 0.330 e. The lowest BCUT2D eigenvalue weighted by atomic mass is 9.87. The second kappa shape index (κ2) is 8.09. The molecular formula is C22H26N6O3S. The van der Waals surface area contributed by atoms with Crippen molar-refractivity contribution in [3.05, 3.63) is 56.2 Å². The predicted molar refractivity (Wildman–Crippen MR) is 124 cm³/mol. The summed E-state index contributed by atoms with van der Waals surface area (Å²) in [4.78, 5) is 39.3. The minimum absolute atomic E-state index is 0.0505. The second-order valence-corrected chi connectivity index (χ2v) is 9.97. The zero-order chi connectivity index (χ0) is 23.2. The van der Waals surface area contributed by atoms with Crippen LogP contribution in [0.15, 0.2) is 39.0 Å². The molecule has 1 aliphatic rings. The van der Waals surface area contributed by atoms with E-state index in [2.05, 4.69) is 48.1 Å². The first kappa shape index (κ1) is 22.1. The summed E-state index contributed by atoms with van der Waals surface area (Å²) in [7, 11) is 1.83. The third-order valence-electron chi connectivity index (χ3n) is 5.55. The fraction of sp³-hybridized carbons (Fsp3) is 0.409. The molecule has 9 nitrogen and oxygen atoms in total. The second-order valence-electron chi connectivity index (χ2n) is 9.03. The number of nitrogens with one attached hydrogen (secondary N) is 1. The number of aromatic nitrogens is 5. The molecule has 0 atom stereocenters. The van der Waals surface area contributed by atoms with Crippen LogP contribution in [0.5, 0.6) is 0 Å². The van der Waals surface area contributed by atoms with E-state index in [1.165, 1.54) is 21.9 Å². The van der Waals surface area contributed by atoms with Gasteiger partial charge in [0.15, 0.2) is 16.8 Å². The van der Waals surface area contributed by atoms with Crippen LogP contribution >= 0.6 is 11.8 Å². The van der Waals surface area contributed by atoms with Crippen molar-refractivity contribution in [2.75, 3.05) is 11.5 Å². The molecule has 1 fully saturated rings. The highest BCUT2D eigenvalue weighted by Crippen LogP contribution is 2.35. The van der Waals surface area contributed by atoms with Crippen LogP contribution in [0, 0.1) is 0 Å². The van der Waals surface area contributed by atoms with Crippen molar-refractivity contribution in [1.82, 2.24) is 24.3 Å². The number of ketones is 1. The van der Waals surface area contributed by atoms with Crippen LogP contribution in [0.2, 0.25) is 0 Å². The van der Waals surface area contributed by atoms with Gasteiger partial charge in [-0.25, -0.2) is 4.79 Å². The Bertz CT molecular complexity index is 1290. The molecule has 2 heterocycles. The molecule has 2 aromatic heterocycles. The number of anilines is 1. The number of thioether (sulfide) groups is 1. The van der Waals surface area contributed by atoms with E-state index in [4.69, 9.17) is 5.73 Å². The van der Waals surface area contributed by atoms with Gasteiger partial charge in [-0.3, -0.25) is 19.1 Å². The van der Waals surface area contributed by atoms with Gasteiger partial charge in [-0.1, -0.05) is 56.8 Å². The highest BCUT2D eigenvalue weighted by Gasteiger charge is 2.30. The number of nitrogen functional groups attached to an aromatic ring is 1. The molecule has 0 radical (unpaired) electrons. The Kier molecular flexibility index (Phi) is 5.58. The van der Waals surface area contributed by atoms with Crippen molar-refractivity contribution in [3.8, 4) is 11.4 Å². The average molecular weight is 455 g/mol. The summed E-state index contributed by atoms with van der Waals surface area (Å²) in [6.45, 7) is 6.47. The van der Waals surface area contributed by atoms with Crippen molar-refractivity contribution in [1.29, 1.82) is 0 Å². The van der Waals surface area contributed by atoms with Crippen LogP contribution < -0.4 is 17.0 Å². The maximum absolute atomic E-state index is 12.8. The summed E-state index contributed by atoms with van der Waals surface area (Å²) in [6, 6.07) is 8.11. The van der Waals surface area contributed by atoms with Crippen LogP contribution in [0.3, 0.4) is 0 Å². The number of H-pyrrole nitrogens is 1. The summed E-state index contributed by atoms with van der Waals surface area (Å²) in [5.74, 6) is 0.108. The van der Waals surface area contributed by atoms with E-state index >= 15 is 0 Å². The fourth-order valence-corrected chi connectivity index (χ4v) is 4.33. The third kappa shape index (κ3) is 4.14. The van der Waals surface area contributed by atoms with Crippen molar-refractivity contribution < 1.29 is 4.79 Å². The van der Waals surface area contributed by atoms with Crippen molar-refractivity contribution in [2.24, 2.45) is 7.05 Å². The Labute approximate surface area is 189 Å². The molecule has 4 rings (SSSR count). The van der Waals surface area contributed by atoms with Gasteiger partial charge >= 0.3 is 5.69 Å². The normalized spacial score (nSPS) is 14.0. The van der Waals surface area contributed by atoms with Gasteiger partial charge < -0.3 is 10.3 Å². The fourth-order valence-electron chi connectivity index (χ4n) is 3.54. The molecule has 10 heteroatoms. The first-order chi connectivity index (χ1) is 15.1. The van der Waals surface area contributed by atoms with E-state index < -0.39 is 17.0 Å². The number of hydrogen-bond donors (Lipinski definition) is 2. The van der Waals surface area contributed by atoms with E-state index in [1.807, 2.05) is 23.7 Å². The van der Waals surface area contributed by atoms with Gasteiger partial charge in [-0.2, -0.15) is 0 Å². The Morgan fingerprint density at radius 1 is 1.19 bits per heavy atom. The molecule has 3 aromatic rings. The summed E-state index contributed by atoms with van der Waals surface area (Å²) >= 11 is 1.17. The number of benzene rings is 1. The van der Waals surface area contributed by atoms with Gasteiger partial charge in [0.1, 0.15) is 11.4 Å². The summed E-state index contributed by atoms with van der Waals surface area (Å²) in [5.41, 5.74) is 6.72. The zero-order valence-electron chi connectivity index (χ0n) is 18.5. The molecule has 1 aromatic carbocycles. The maximum atomic E-state index is 12.8. The molecule has 32 heavy (non-hydrogen) atoms. The quantitative estimate of drug-likeness (QED) is 0.432. The van der Waals surface area contributed by atoms with Crippen LogP contribution in [-0.4, -0.2) is 35.9 Å². The minimum atomic E-state index is -0.757. The monoisotopic (exact) mass is 454 g/mol. The van der Waals surface area contributed by atoms with Gasteiger partial charge in [0.05, 0.1) is 5.75 Å². The van der Waals surface area contributed by atoms with E-state index in [1.54, 1.807) is 0 Å². The average Bonchev–Trinajstić information content (AvgIpc) is 3.47. The number of Topliss-reactive ketones (excluding diaryl/α,β-unsaturated/α-hetero) is 1. The van der Waals surface area contributed by atoms with Gasteiger partial charge in [-0.05, 0) is 23.8 Å². The number of nitrogens with two attached hydrogens (primary N) is 1. The molecular weight excluding hydrogens is 428 g/mol. The molecule has 0 aliphatic heterocycles. The van der Waals surface area contributed by atoms with E-state index in [-0.39, 0.29) is 28.6 Å². The number of nitrogens with zero attached hydrogens (tertiary/aromatic N) is 4. The number of hydrogen-bond acceptors (Lipinski definition) is 7. The van der Waals surface area contributed by atoms with Crippen LogP contribution in [0.25, 0.3) is 11.4 Å². The van der Waals surface area contributed by atoms with E-state index in [0.717, 1.165) is 18.4 Å². The SMILES string of the molecule is Cn1c(SCC(=O)c2c(N)n(C3CC3)c(=O)[nH]c2=O)nnc1-c1ccc(C(C)(C)C)cc1. The molecule has 0 amide bonds. The largest absolute Gasteiger partial charge is 0.384 e. The van der Waals surface area contributed by atoms with Crippen LogP contribution in [-0.2, 0) is 12.5 Å². The van der Waals surface area contributed by atoms with Crippen LogP contribution in [0.1, 0.15) is 55.6 Å².